The summed E-state index contributed by atoms with van der Waals surface area (Å²) in [7, 11) is 0. The zero-order chi connectivity index (χ0) is 22.9. The van der Waals surface area contributed by atoms with Crippen molar-refractivity contribution in [1.29, 1.82) is 0 Å². The van der Waals surface area contributed by atoms with Crippen LogP contribution in [0.25, 0.3) is 0 Å². The van der Waals surface area contributed by atoms with Crippen LogP contribution in [-0.2, 0) is 11.2 Å². The van der Waals surface area contributed by atoms with Gasteiger partial charge in [-0.25, -0.2) is 9.78 Å². The molecule has 4 rings (SSSR count). The Morgan fingerprint density at radius 3 is 2.78 bits per heavy atom. The van der Waals surface area contributed by atoms with E-state index >= 15 is 0 Å². The van der Waals surface area contributed by atoms with Gasteiger partial charge >= 0.3 is 6.09 Å². The zero-order valence-electron chi connectivity index (χ0n) is 18.6. The normalized spacial score (nSPS) is 17.8. The second-order valence-corrected chi connectivity index (χ2v) is 9.11. The number of hydrogen-bond donors (Lipinski definition) is 3. The molecule has 0 bridgehead atoms. The summed E-state index contributed by atoms with van der Waals surface area (Å²) in [5, 5.41) is 6.90. The quantitative estimate of drug-likeness (QED) is 0.630. The van der Waals surface area contributed by atoms with Gasteiger partial charge in [-0.15, -0.1) is 0 Å². The van der Waals surface area contributed by atoms with E-state index in [1.807, 2.05) is 32.9 Å². The maximum absolute atomic E-state index is 12.3. The molecule has 0 saturated heterocycles. The topological polar surface area (TPSA) is 110 Å². The van der Waals surface area contributed by atoms with Crippen molar-refractivity contribution in [2.45, 2.75) is 45.3 Å². The van der Waals surface area contributed by atoms with Gasteiger partial charge in [0.15, 0.2) is 0 Å². The number of nitrogens with one attached hydrogen (secondary N) is 2. The van der Waals surface area contributed by atoms with Crippen LogP contribution in [0.2, 0.25) is 0 Å². The summed E-state index contributed by atoms with van der Waals surface area (Å²) >= 11 is 0. The fraction of sp³-hybridized carbons (Fsp3) is 0.375. The van der Waals surface area contributed by atoms with Crippen molar-refractivity contribution in [1.82, 2.24) is 9.88 Å². The highest BCUT2D eigenvalue weighted by molar-refractivity contribution is 5.94. The van der Waals surface area contributed by atoms with Crippen molar-refractivity contribution in [3.05, 3.63) is 59.3 Å². The molecular formula is C24H29N5O3. The molecule has 2 aromatic rings. The van der Waals surface area contributed by atoms with Gasteiger partial charge in [0.2, 0.25) is 5.91 Å². The van der Waals surface area contributed by atoms with E-state index in [1.54, 1.807) is 29.3 Å². The Bertz CT molecular complexity index is 1070. The summed E-state index contributed by atoms with van der Waals surface area (Å²) in [6, 6.07) is 9.20. The number of pyridine rings is 1. The minimum atomic E-state index is -0.498. The second kappa shape index (κ2) is 8.53. The van der Waals surface area contributed by atoms with Crippen LogP contribution < -0.4 is 16.4 Å². The number of primary amides is 1. The van der Waals surface area contributed by atoms with E-state index in [0.717, 1.165) is 35.6 Å². The van der Waals surface area contributed by atoms with Crippen LogP contribution in [0.15, 0.2) is 48.2 Å². The van der Waals surface area contributed by atoms with Crippen molar-refractivity contribution in [3.8, 4) is 0 Å². The van der Waals surface area contributed by atoms with Gasteiger partial charge < -0.3 is 26.0 Å². The van der Waals surface area contributed by atoms with Crippen LogP contribution in [0.1, 0.15) is 43.1 Å². The van der Waals surface area contributed by atoms with Crippen LogP contribution in [-0.4, -0.2) is 46.6 Å². The number of anilines is 3. The molecule has 2 aliphatic rings. The lowest BCUT2D eigenvalue weighted by Gasteiger charge is -2.31. The van der Waals surface area contributed by atoms with Crippen LogP contribution in [0.5, 0.6) is 0 Å². The molecule has 2 aliphatic heterocycles. The van der Waals surface area contributed by atoms with E-state index in [0.29, 0.717) is 18.7 Å². The Morgan fingerprint density at radius 2 is 2.09 bits per heavy atom. The van der Waals surface area contributed by atoms with E-state index in [1.165, 1.54) is 5.57 Å². The first-order valence-electron chi connectivity index (χ1n) is 10.8. The van der Waals surface area contributed by atoms with Crippen LogP contribution >= 0.6 is 0 Å². The van der Waals surface area contributed by atoms with E-state index in [-0.39, 0.29) is 12.1 Å². The molecule has 1 unspecified atom stereocenters. The fourth-order valence-electron chi connectivity index (χ4n) is 3.98. The number of carbonyl (C=O) groups excluding carboxylic acids is 2. The summed E-state index contributed by atoms with van der Waals surface area (Å²) in [6.45, 7) is 6.79. The summed E-state index contributed by atoms with van der Waals surface area (Å²) in [5.41, 5.74) is 9.46. The molecule has 4 N–H and O–H groups in total. The average molecular weight is 436 g/mol. The number of nitrogens with two attached hydrogens (primary N) is 1. The predicted octanol–water partition coefficient (Wildman–Crippen LogP) is 3.83. The van der Waals surface area contributed by atoms with Crippen molar-refractivity contribution >= 4 is 29.2 Å². The van der Waals surface area contributed by atoms with E-state index in [2.05, 4.69) is 21.7 Å². The van der Waals surface area contributed by atoms with E-state index < -0.39 is 11.5 Å². The molecule has 0 spiro atoms. The molecule has 1 aromatic heterocycles. The fourth-order valence-corrected chi connectivity index (χ4v) is 3.98. The Labute approximate surface area is 187 Å². The molecule has 1 aromatic carbocycles. The van der Waals surface area contributed by atoms with Gasteiger partial charge in [0.05, 0.1) is 6.04 Å². The molecule has 0 fully saturated rings. The Balaban J connectivity index is 1.44. The second-order valence-electron chi connectivity index (χ2n) is 9.11. The van der Waals surface area contributed by atoms with E-state index in [4.69, 9.17) is 10.5 Å². The van der Waals surface area contributed by atoms with Crippen molar-refractivity contribution in [2.75, 3.05) is 23.7 Å². The molecule has 1 atom stereocenters. The Kier molecular flexibility index (Phi) is 5.78. The predicted molar refractivity (Wildman–Crippen MR) is 124 cm³/mol. The first-order chi connectivity index (χ1) is 15.2. The summed E-state index contributed by atoms with van der Waals surface area (Å²) in [6.07, 6.45) is 5.17. The van der Waals surface area contributed by atoms with Crippen LogP contribution in [0.3, 0.4) is 0 Å². The number of rotatable bonds is 4. The molecular weight excluding hydrogens is 406 g/mol. The number of ether oxygens (including phenoxy) is 1. The van der Waals surface area contributed by atoms with Crippen LogP contribution in [0, 0.1) is 0 Å². The first kappa shape index (κ1) is 21.7. The van der Waals surface area contributed by atoms with Gasteiger partial charge in [0.25, 0.3) is 0 Å². The standard InChI is InChI=1S/C24H29N5O3/c1-24(2,3)32-23(31)29-11-8-15(9-12-29)20-14-18-19(7-10-26-22(18)28-20)27-17-6-4-5-16(13-17)21(25)30/h4-8,10,13,20H,9,11-12,14H2,1-3H3,(H2,25,30)(H2,26,27,28). The molecule has 3 heterocycles. The highest BCUT2D eigenvalue weighted by atomic mass is 16.6. The average Bonchev–Trinajstić information content (AvgIpc) is 3.18. The molecule has 0 saturated carbocycles. The Hall–Kier alpha value is -3.55. The molecule has 8 heteroatoms. The SMILES string of the molecule is CC(C)(C)OC(=O)N1CC=C(C2Cc3c(Nc4cccc(C(N)=O)c4)ccnc3N2)CC1. The summed E-state index contributed by atoms with van der Waals surface area (Å²) in [4.78, 5) is 30.0. The number of aromatic nitrogens is 1. The summed E-state index contributed by atoms with van der Waals surface area (Å²) < 4.78 is 5.48. The lowest BCUT2D eigenvalue weighted by molar-refractivity contribution is 0.0265. The van der Waals surface area contributed by atoms with Crippen molar-refractivity contribution in [2.24, 2.45) is 5.73 Å². The van der Waals surface area contributed by atoms with Gasteiger partial charge in [-0.05, 0) is 57.0 Å². The first-order valence-corrected chi connectivity index (χ1v) is 10.8. The van der Waals surface area contributed by atoms with Gasteiger partial charge in [-0.1, -0.05) is 12.1 Å². The Morgan fingerprint density at radius 1 is 1.28 bits per heavy atom. The highest BCUT2D eigenvalue weighted by Gasteiger charge is 2.30. The van der Waals surface area contributed by atoms with Gasteiger partial charge in [0.1, 0.15) is 11.4 Å². The molecule has 0 aliphatic carbocycles. The number of benzene rings is 1. The number of nitrogens with zero attached hydrogens (tertiary/aromatic N) is 2. The van der Waals surface area contributed by atoms with Gasteiger partial charge in [-0.2, -0.15) is 0 Å². The highest BCUT2D eigenvalue weighted by Crippen LogP contribution is 2.35. The molecule has 2 amide bonds. The monoisotopic (exact) mass is 435 g/mol. The minimum Gasteiger partial charge on any atom is -0.444 e. The van der Waals surface area contributed by atoms with Crippen molar-refractivity contribution in [3.63, 3.8) is 0 Å². The number of hydrogen-bond acceptors (Lipinski definition) is 6. The smallest absolute Gasteiger partial charge is 0.410 e. The largest absolute Gasteiger partial charge is 0.444 e. The van der Waals surface area contributed by atoms with Gasteiger partial charge in [0, 0.05) is 48.2 Å². The summed E-state index contributed by atoms with van der Waals surface area (Å²) in [5.74, 6) is 0.390. The molecule has 8 nitrogen and oxygen atoms in total. The lowest BCUT2D eigenvalue weighted by Crippen LogP contribution is -2.40. The third-order valence-corrected chi connectivity index (χ3v) is 5.54. The van der Waals surface area contributed by atoms with Crippen molar-refractivity contribution < 1.29 is 14.3 Å². The maximum atomic E-state index is 12.3. The maximum Gasteiger partial charge on any atom is 0.410 e. The lowest BCUT2D eigenvalue weighted by atomic mass is 9.97. The third kappa shape index (κ3) is 4.85. The molecule has 32 heavy (non-hydrogen) atoms. The van der Waals surface area contributed by atoms with Gasteiger partial charge in [-0.3, -0.25) is 4.79 Å². The number of amides is 2. The third-order valence-electron chi connectivity index (χ3n) is 5.54. The zero-order valence-corrected chi connectivity index (χ0v) is 18.6. The number of carbonyl (C=O) groups is 2. The molecule has 0 radical (unpaired) electrons. The minimum absolute atomic E-state index is 0.137. The molecule has 168 valence electrons. The van der Waals surface area contributed by atoms with E-state index in [9.17, 15) is 9.59 Å². The van der Waals surface area contributed by atoms with Crippen LogP contribution in [0.4, 0.5) is 22.0 Å². The number of fused-ring (bicyclic) bond motifs is 1.